The molecule has 1 amide bonds. The molecule has 5 aromatic rings. The Labute approximate surface area is 221 Å². The van der Waals surface area contributed by atoms with Crippen LogP contribution in [0.5, 0.6) is 0 Å². The lowest BCUT2D eigenvalue weighted by atomic mass is 10.2. The number of halogens is 6. The quantitative estimate of drug-likeness (QED) is 0.247. The third kappa shape index (κ3) is 5.57. The van der Waals surface area contributed by atoms with Crippen molar-refractivity contribution in [3.63, 3.8) is 0 Å². The Hall–Kier alpha value is -2.92. The summed E-state index contributed by atoms with van der Waals surface area (Å²) in [5.41, 5.74) is 1.69. The number of carbonyl (C=O) groups is 1. The van der Waals surface area contributed by atoms with Crippen LogP contribution >= 0.6 is 46.1 Å². The van der Waals surface area contributed by atoms with Crippen molar-refractivity contribution in [2.45, 2.75) is 19.6 Å². The molecule has 1 N–H and O–H groups in total. The van der Waals surface area contributed by atoms with E-state index in [0.717, 1.165) is 11.0 Å². The standard InChI is InChI=1S/C14H8Cl3F3N2O.C9H7N3S/c15-8-2-1-3-9(16)12(8)13(23)22-6-11-10(17)4-7(5-21-11)14(18,19)20;1-6-3-2-4-7-8(6)12-5-10-11-9(12)13-7/h1-5H,6H2,(H,22,23);2-5H,1H3. The molecule has 0 aliphatic carbocycles. The maximum Gasteiger partial charge on any atom is 0.417 e. The minimum Gasteiger partial charge on any atom is -0.346 e. The summed E-state index contributed by atoms with van der Waals surface area (Å²) in [5.74, 6) is -0.585. The second-order valence-electron chi connectivity index (χ2n) is 7.44. The maximum atomic E-state index is 12.5. The highest BCUT2D eigenvalue weighted by Crippen LogP contribution is 2.31. The minimum atomic E-state index is -4.54. The molecule has 0 atom stereocenters. The molecule has 13 heteroatoms. The molecule has 186 valence electrons. The van der Waals surface area contributed by atoms with Crippen molar-refractivity contribution in [1.29, 1.82) is 0 Å². The molecule has 0 aliphatic heterocycles. The molecule has 5 rings (SSSR count). The zero-order chi connectivity index (χ0) is 26.0. The molecular formula is C23H15Cl3F3N5OS. The Kier molecular flexibility index (Phi) is 7.70. The topological polar surface area (TPSA) is 72.2 Å². The van der Waals surface area contributed by atoms with Gasteiger partial charge in [-0.3, -0.25) is 14.2 Å². The Morgan fingerprint density at radius 3 is 2.44 bits per heavy atom. The van der Waals surface area contributed by atoms with E-state index in [-0.39, 0.29) is 32.9 Å². The van der Waals surface area contributed by atoms with E-state index < -0.39 is 17.6 Å². The van der Waals surface area contributed by atoms with Gasteiger partial charge in [0.2, 0.25) is 4.96 Å². The normalized spacial score (nSPS) is 11.4. The predicted octanol–water partition coefficient (Wildman–Crippen LogP) is 7.24. The lowest BCUT2D eigenvalue weighted by Crippen LogP contribution is -2.24. The summed E-state index contributed by atoms with van der Waals surface area (Å²) in [4.78, 5) is 16.7. The van der Waals surface area contributed by atoms with Gasteiger partial charge in [0.25, 0.3) is 5.91 Å². The Bertz CT molecular complexity index is 1550. The van der Waals surface area contributed by atoms with Gasteiger partial charge in [-0.2, -0.15) is 13.2 Å². The van der Waals surface area contributed by atoms with Crippen molar-refractivity contribution in [2.75, 3.05) is 0 Å². The average molecular weight is 573 g/mol. The van der Waals surface area contributed by atoms with Crippen LogP contribution in [0.4, 0.5) is 13.2 Å². The number of aryl methyl sites for hydroxylation is 1. The Balaban J connectivity index is 0.000000195. The highest BCUT2D eigenvalue weighted by molar-refractivity contribution is 7.23. The number of nitrogens with one attached hydrogen (secondary N) is 1. The first-order valence-electron chi connectivity index (χ1n) is 10.2. The zero-order valence-electron chi connectivity index (χ0n) is 18.3. The number of carbonyl (C=O) groups excluding carboxylic acids is 1. The zero-order valence-corrected chi connectivity index (χ0v) is 21.4. The van der Waals surface area contributed by atoms with Gasteiger partial charge in [-0.1, -0.05) is 64.3 Å². The first kappa shape index (κ1) is 26.2. The average Bonchev–Trinajstić information content (AvgIpc) is 3.39. The Morgan fingerprint density at radius 2 is 1.78 bits per heavy atom. The van der Waals surface area contributed by atoms with E-state index >= 15 is 0 Å². The molecule has 0 radical (unpaired) electrons. The number of thiazole rings is 1. The van der Waals surface area contributed by atoms with E-state index in [2.05, 4.69) is 45.6 Å². The summed E-state index contributed by atoms with van der Waals surface area (Å²) in [6.07, 6.45) is -2.12. The number of rotatable bonds is 3. The predicted molar refractivity (Wildman–Crippen MR) is 135 cm³/mol. The number of pyridine rings is 1. The lowest BCUT2D eigenvalue weighted by Gasteiger charge is -2.11. The molecular weight excluding hydrogens is 558 g/mol. The molecule has 0 saturated carbocycles. The van der Waals surface area contributed by atoms with Crippen molar-refractivity contribution in [1.82, 2.24) is 24.9 Å². The summed E-state index contributed by atoms with van der Waals surface area (Å²) < 4.78 is 40.9. The van der Waals surface area contributed by atoms with Crippen LogP contribution in [0.15, 0.2) is 55.0 Å². The van der Waals surface area contributed by atoms with Crippen LogP contribution in [0.2, 0.25) is 15.1 Å². The fourth-order valence-corrected chi connectivity index (χ4v) is 5.11. The largest absolute Gasteiger partial charge is 0.417 e. The van der Waals surface area contributed by atoms with Crippen molar-refractivity contribution < 1.29 is 18.0 Å². The summed E-state index contributed by atoms with van der Waals surface area (Å²) in [6.45, 7) is 1.94. The van der Waals surface area contributed by atoms with Gasteiger partial charge in [-0.05, 0) is 36.8 Å². The number of benzene rings is 2. The number of hydrogen-bond acceptors (Lipinski definition) is 5. The highest BCUT2D eigenvalue weighted by Gasteiger charge is 2.31. The number of nitrogens with zero attached hydrogens (tertiary/aromatic N) is 4. The van der Waals surface area contributed by atoms with Gasteiger partial charge in [0, 0.05) is 6.20 Å². The molecule has 3 aromatic heterocycles. The monoisotopic (exact) mass is 571 g/mol. The molecule has 0 fully saturated rings. The number of amides is 1. The number of alkyl halides is 3. The van der Waals surface area contributed by atoms with Crippen molar-refractivity contribution in [3.8, 4) is 0 Å². The van der Waals surface area contributed by atoms with Crippen LogP contribution in [0.3, 0.4) is 0 Å². The number of fused-ring (bicyclic) bond motifs is 3. The van der Waals surface area contributed by atoms with Gasteiger partial charge in [0.15, 0.2) is 0 Å². The van der Waals surface area contributed by atoms with Crippen molar-refractivity contribution >= 4 is 67.2 Å². The van der Waals surface area contributed by atoms with Gasteiger partial charge in [0.05, 0.1) is 48.7 Å². The van der Waals surface area contributed by atoms with E-state index in [4.69, 9.17) is 34.8 Å². The van der Waals surface area contributed by atoms with Gasteiger partial charge in [-0.25, -0.2) is 0 Å². The molecule has 0 saturated heterocycles. The van der Waals surface area contributed by atoms with E-state index in [0.29, 0.717) is 6.20 Å². The number of para-hydroxylation sites is 1. The fourth-order valence-electron chi connectivity index (χ4n) is 3.29. The van der Waals surface area contributed by atoms with E-state index in [9.17, 15) is 18.0 Å². The lowest BCUT2D eigenvalue weighted by molar-refractivity contribution is -0.137. The van der Waals surface area contributed by atoms with Crippen molar-refractivity contribution in [3.05, 3.63) is 92.4 Å². The Morgan fingerprint density at radius 1 is 1.08 bits per heavy atom. The SMILES string of the molecule is Cc1cccc2sc3nncn3c12.O=C(NCc1ncc(C(F)(F)F)cc1Cl)c1c(Cl)cccc1Cl. The molecule has 0 spiro atoms. The molecule has 0 unspecified atom stereocenters. The summed E-state index contributed by atoms with van der Waals surface area (Å²) in [7, 11) is 0. The van der Waals surface area contributed by atoms with Crippen LogP contribution in [0, 0.1) is 6.92 Å². The third-order valence-electron chi connectivity index (χ3n) is 5.01. The molecule has 2 aromatic carbocycles. The van der Waals surface area contributed by atoms with Gasteiger partial charge < -0.3 is 5.32 Å². The van der Waals surface area contributed by atoms with E-state index in [1.54, 1.807) is 23.7 Å². The van der Waals surface area contributed by atoms with Crippen LogP contribution in [0.25, 0.3) is 15.2 Å². The summed E-state index contributed by atoms with van der Waals surface area (Å²) in [6, 6.07) is 11.6. The molecule has 36 heavy (non-hydrogen) atoms. The third-order valence-corrected chi connectivity index (χ3v) is 6.98. The van der Waals surface area contributed by atoms with Crippen LogP contribution in [0.1, 0.15) is 27.2 Å². The molecule has 6 nitrogen and oxygen atoms in total. The van der Waals surface area contributed by atoms with Crippen LogP contribution in [-0.2, 0) is 12.7 Å². The van der Waals surface area contributed by atoms with Crippen LogP contribution in [-0.4, -0.2) is 25.5 Å². The molecule has 0 bridgehead atoms. The summed E-state index contributed by atoms with van der Waals surface area (Å²) in [5, 5.41) is 10.5. The summed E-state index contributed by atoms with van der Waals surface area (Å²) >= 11 is 19.2. The number of hydrogen-bond donors (Lipinski definition) is 1. The van der Waals surface area contributed by atoms with Gasteiger partial charge in [-0.15, -0.1) is 10.2 Å². The molecule has 3 heterocycles. The van der Waals surface area contributed by atoms with E-state index in [1.807, 2.05) is 4.40 Å². The number of aromatic nitrogens is 4. The molecule has 0 aliphatic rings. The first-order valence-corrected chi connectivity index (χ1v) is 12.1. The van der Waals surface area contributed by atoms with Gasteiger partial charge in [0.1, 0.15) is 6.33 Å². The van der Waals surface area contributed by atoms with Crippen LogP contribution < -0.4 is 5.32 Å². The van der Waals surface area contributed by atoms with E-state index in [1.165, 1.54) is 27.9 Å². The minimum absolute atomic E-state index is 0.0684. The maximum absolute atomic E-state index is 12.5. The van der Waals surface area contributed by atoms with Gasteiger partial charge >= 0.3 is 6.18 Å². The van der Waals surface area contributed by atoms with Crippen molar-refractivity contribution in [2.24, 2.45) is 0 Å². The smallest absolute Gasteiger partial charge is 0.346 e. The highest BCUT2D eigenvalue weighted by atomic mass is 35.5. The second-order valence-corrected chi connectivity index (χ2v) is 9.67. The second kappa shape index (κ2) is 10.6. The first-order chi connectivity index (χ1) is 17.1. The fraction of sp³-hybridized carbons (Fsp3) is 0.130.